The summed E-state index contributed by atoms with van der Waals surface area (Å²) < 4.78 is 38.3. The summed E-state index contributed by atoms with van der Waals surface area (Å²) in [5.41, 5.74) is -2.23. The maximum absolute atomic E-state index is 15.0. The van der Waals surface area contributed by atoms with Crippen LogP contribution in [-0.2, 0) is 51.0 Å². The maximum atomic E-state index is 15.0. The van der Waals surface area contributed by atoms with E-state index >= 15 is 4.79 Å². The third kappa shape index (κ3) is 9.89. The normalized spacial score (nSPS) is 34.8. The number of hydrogen-bond donors (Lipinski definition) is 1. The van der Waals surface area contributed by atoms with E-state index in [0.717, 1.165) is 18.4 Å². The Morgan fingerprint density at radius 1 is 0.881 bits per heavy atom. The molecule has 4 aliphatic rings. The number of rotatable bonds is 12. The monoisotopic (exact) mass is 964 g/mol. The summed E-state index contributed by atoms with van der Waals surface area (Å²) in [6, 6.07) is 21.4. The van der Waals surface area contributed by atoms with Crippen LogP contribution in [0.3, 0.4) is 0 Å². The molecule has 0 saturated carbocycles. The number of nitrogens with zero attached hydrogens (tertiary/aromatic N) is 2. The lowest BCUT2D eigenvalue weighted by Crippen LogP contribution is -2.66. The van der Waals surface area contributed by atoms with Gasteiger partial charge in [0.2, 0.25) is 0 Å². The van der Waals surface area contributed by atoms with Gasteiger partial charge in [-0.05, 0) is 108 Å². The first-order valence-electron chi connectivity index (χ1n) is 23.6. The molecule has 0 radical (unpaired) electrons. The van der Waals surface area contributed by atoms with Crippen molar-refractivity contribution in [1.82, 2.24) is 9.80 Å². The summed E-state index contributed by atoms with van der Waals surface area (Å²) in [5.74, 6) is -4.09. The number of ether oxygens (including phenoxy) is 6. The number of unbranched alkanes of at least 4 members (excludes halogenated alkanes) is 1. The third-order valence-corrected chi connectivity index (χ3v) is 15.6. The molecule has 0 aromatic heterocycles. The Balaban J connectivity index is 1.16. The zero-order valence-electron chi connectivity index (χ0n) is 40.0. The molecule has 3 aromatic rings. The Bertz CT molecular complexity index is 2250. The summed E-state index contributed by atoms with van der Waals surface area (Å²) in [4.78, 5) is 61.8. The molecule has 4 heterocycles. The molecule has 13 atom stereocenters. The number of esters is 1. The molecular weight excluding hydrogens is 899 g/mol. The number of carbonyl (C=O) groups excluding carboxylic acids is 4. The molecule has 2 bridgehead atoms. The Morgan fingerprint density at radius 3 is 2.19 bits per heavy atom. The van der Waals surface area contributed by atoms with Gasteiger partial charge in [0.1, 0.15) is 41.0 Å². The standard InChI is InChI=1S/C52H66Cl2N2O11/c1-10-41-51(7)46(56(49(61)67-51)23-15-14-18-34-16-12-11-13-17-34)31(3)43(57)30(2)28-50(6,62-9)52(33(5)44(58)32(4)47(60)64-41)42-27-40(45(59)48(65-42)66-52)55(8)29-35-19-21-38(22-20-35)63-39-25-36(53)24-37(54)26-39/h11-13,16-17,19-22,24-26,30-33,40-42,45-46,48,59H,10,14-15,18,23,27-29H2,1-9H3/t30-,31+,32-,33+,40+,41?,42?,45-,46-,48+,50-,51-,52+/m1/s1. The highest BCUT2D eigenvalue weighted by atomic mass is 35.5. The Kier molecular flexibility index (Phi) is 15.5. The second-order valence-corrected chi connectivity index (χ2v) is 20.4. The van der Waals surface area contributed by atoms with Gasteiger partial charge in [-0.2, -0.15) is 0 Å². The zero-order chi connectivity index (χ0) is 48.6. The first-order chi connectivity index (χ1) is 31.8. The predicted octanol–water partition coefficient (Wildman–Crippen LogP) is 9.25. The van der Waals surface area contributed by atoms with E-state index < -0.39 is 95.0 Å². The van der Waals surface area contributed by atoms with E-state index in [0.29, 0.717) is 41.1 Å². The van der Waals surface area contributed by atoms with Gasteiger partial charge in [0.05, 0.1) is 23.7 Å². The highest BCUT2D eigenvalue weighted by molar-refractivity contribution is 6.34. The fourth-order valence-electron chi connectivity index (χ4n) is 11.5. The molecule has 4 aliphatic heterocycles. The lowest BCUT2D eigenvalue weighted by Gasteiger charge is -2.51. The van der Waals surface area contributed by atoms with Gasteiger partial charge in [-0.15, -0.1) is 0 Å². The van der Waals surface area contributed by atoms with E-state index in [1.807, 2.05) is 82.1 Å². The van der Waals surface area contributed by atoms with Crippen LogP contribution in [0.1, 0.15) is 91.7 Å². The third-order valence-electron chi connectivity index (χ3n) is 15.1. The summed E-state index contributed by atoms with van der Waals surface area (Å²) >= 11 is 12.3. The molecule has 364 valence electrons. The maximum Gasteiger partial charge on any atom is 0.410 e. The van der Waals surface area contributed by atoms with Crippen LogP contribution >= 0.6 is 23.2 Å². The zero-order valence-corrected chi connectivity index (χ0v) is 41.6. The highest BCUT2D eigenvalue weighted by Crippen LogP contribution is 2.54. The predicted molar refractivity (Wildman–Crippen MR) is 253 cm³/mol. The quantitative estimate of drug-likeness (QED) is 0.105. The number of amides is 1. The van der Waals surface area contributed by atoms with Gasteiger partial charge in [-0.1, -0.05) is 93.4 Å². The van der Waals surface area contributed by atoms with E-state index in [1.54, 1.807) is 36.9 Å². The van der Waals surface area contributed by atoms with Crippen molar-refractivity contribution >= 4 is 46.8 Å². The number of Topliss-reactive ketones (excluding diaryl/α,β-unsaturated/α-hetero) is 2. The number of aliphatic hydroxyl groups is 1. The highest BCUT2D eigenvalue weighted by Gasteiger charge is 2.70. The van der Waals surface area contributed by atoms with Gasteiger partial charge in [-0.3, -0.25) is 19.3 Å². The topological polar surface area (TPSA) is 150 Å². The van der Waals surface area contributed by atoms with Gasteiger partial charge in [-0.25, -0.2) is 4.79 Å². The Hall–Kier alpha value is -4.08. The van der Waals surface area contributed by atoms with E-state index in [9.17, 15) is 19.5 Å². The van der Waals surface area contributed by atoms with E-state index in [-0.39, 0.29) is 25.0 Å². The largest absolute Gasteiger partial charge is 0.458 e. The molecule has 13 nitrogen and oxygen atoms in total. The van der Waals surface area contributed by atoms with Crippen LogP contribution in [0, 0.1) is 23.7 Å². The number of aryl methyl sites for hydroxylation is 1. The minimum absolute atomic E-state index is 0.0919. The average molecular weight is 966 g/mol. The molecule has 67 heavy (non-hydrogen) atoms. The van der Waals surface area contributed by atoms with Crippen molar-refractivity contribution in [1.29, 1.82) is 0 Å². The second kappa shape index (κ2) is 20.5. The molecule has 1 amide bonds. The number of hydrogen-bond acceptors (Lipinski definition) is 12. The number of halogens is 2. The first kappa shape index (κ1) is 50.8. The van der Waals surface area contributed by atoms with Crippen molar-refractivity contribution < 1.29 is 52.7 Å². The number of aliphatic hydroxyl groups excluding tert-OH is 1. The van der Waals surface area contributed by atoms with Crippen LogP contribution in [0.2, 0.25) is 10.0 Å². The molecule has 1 N–H and O–H groups in total. The van der Waals surface area contributed by atoms with Crippen LogP contribution in [0.25, 0.3) is 0 Å². The Labute approximate surface area is 404 Å². The fourth-order valence-corrected chi connectivity index (χ4v) is 12.0. The Morgan fingerprint density at radius 2 is 1.55 bits per heavy atom. The molecule has 15 heteroatoms. The van der Waals surface area contributed by atoms with Crippen LogP contribution in [0.4, 0.5) is 4.79 Å². The number of likely N-dealkylation sites (N-methyl/N-ethyl adjacent to an activating group) is 1. The van der Waals surface area contributed by atoms with Crippen LogP contribution in [0.15, 0.2) is 72.8 Å². The van der Waals surface area contributed by atoms with Crippen LogP contribution in [0.5, 0.6) is 11.5 Å². The second-order valence-electron chi connectivity index (χ2n) is 19.5. The van der Waals surface area contributed by atoms with E-state index in [2.05, 4.69) is 12.1 Å². The summed E-state index contributed by atoms with van der Waals surface area (Å²) in [6.07, 6.45) is -1.81. The molecule has 0 aliphatic carbocycles. The van der Waals surface area contributed by atoms with Crippen molar-refractivity contribution in [3.8, 4) is 11.5 Å². The van der Waals surface area contributed by atoms with Crippen molar-refractivity contribution in [2.45, 2.75) is 147 Å². The summed E-state index contributed by atoms with van der Waals surface area (Å²) in [7, 11) is 3.42. The SMILES string of the molecule is CCC1OC(=O)[C@H](C)C(=O)[C@H](C)[C@@]2(O[C@@H]3OC2C[C@H](N(C)Cc2ccc(Oc4cc(Cl)cc(Cl)c4)cc2)[C@H]3O)[C@](C)(OC)C[C@@H](C)C(=O)[C@H](C)[C@H]2N(CCCCc3ccccc3)C(=O)O[C@]12C. The van der Waals surface area contributed by atoms with Gasteiger partial charge >= 0.3 is 12.1 Å². The number of methoxy groups -OCH3 is 1. The van der Waals surface area contributed by atoms with Crippen LogP contribution in [-0.4, -0.2) is 113 Å². The lowest BCUT2D eigenvalue weighted by molar-refractivity contribution is -0.229. The number of cyclic esters (lactones) is 1. The molecule has 3 aromatic carbocycles. The van der Waals surface area contributed by atoms with Gasteiger partial charge in [0, 0.05) is 48.1 Å². The smallest absolute Gasteiger partial charge is 0.410 e. The van der Waals surface area contributed by atoms with Crippen molar-refractivity contribution in [2.24, 2.45) is 23.7 Å². The van der Waals surface area contributed by atoms with Crippen molar-refractivity contribution in [2.75, 3.05) is 20.7 Å². The minimum Gasteiger partial charge on any atom is -0.458 e. The molecule has 1 spiro atoms. The minimum atomic E-state index is -1.57. The van der Waals surface area contributed by atoms with Crippen LogP contribution < -0.4 is 4.74 Å². The lowest BCUT2D eigenvalue weighted by atomic mass is 9.64. The average Bonchev–Trinajstić information content (AvgIpc) is 3.77. The molecule has 2 unspecified atom stereocenters. The van der Waals surface area contributed by atoms with Gasteiger partial charge in [0.15, 0.2) is 17.7 Å². The summed E-state index contributed by atoms with van der Waals surface area (Å²) in [6.45, 7) is 13.0. The molecular formula is C52H66Cl2N2O11. The number of benzene rings is 3. The van der Waals surface area contributed by atoms with Gasteiger partial charge in [0.25, 0.3) is 0 Å². The number of ketones is 2. The first-order valence-corrected chi connectivity index (χ1v) is 24.3. The van der Waals surface area contributed by atoms with Crippen molar-refractivity contribution in [3.05, 3.63) is 94.0 Å². The van der Waals surface area contributed by atoms with Gasteiger partial charge < -0.3 is 38.4 Å². The number of carbonyl (C=O) groups is 4. The van der Waals surface area contributed by atoms with Crippen molar-refractivity contribution in [3.63, 3.8) is 0 Å². The van der Waals surface area contributed by atoms with E-state index in [4.69, 9.17) is 51.6 Å². The molecule has 4 saturated heterocycles. The van der Waals surface area contributed by atoms with E-state index in [1.165, 1.54) is 19.6 Å². The molecule has 7 rings (SSSR count). The fraction of sp³-hybridized carbons (Fsp3) is 0.577. The number of fused-ring (bicyclic) bond motifs is 4. The molecule has 4 fully saturated rings. The summed E-state index contributed by atoms with van der Waals surface area (Å²) in [5, 5.41) is 12.9.